The Morgan fingerprint density at radius 3 is 2.73 bits per heavy atom. The van der Waals surface area contributed by atoms with Crippen LogP contribution in [0.1, 0.15) is 31.1 Å². The highest BCUT2D eigenvalue weighted by Crippen LogP contribution is 2.26. The Morgan fingerprint density at radius 1 is 1.33 bits per heavy atom. The number of halogens is 1. The fourth-order valence-electron chi connectivity index (χ4n) is 3.65. The van der Waals surface area contributed by atoms with E-state index < -0.39 is 9.84 Å². The summed E-state index contributed by atoms with van der Waals surface area (Å²) < 4.78 is 42.1. The number of sulfone groups is 1. The van der Waals surface area contributed by atoms with Gasteiger partial charge in [-0.1, -0.05) is 0 Å². The number of hydrogen-bond acceptors (Lipinski definition) is 5. The Morgan fingerprint density at radius 2 is 2.07 bits per heavy atom. The largest absolute Gasteiger partial charge is 0.459 e. The van der Waals surface area contributed by atoms with Gasteiger partial charge in [0.05, 0.1) is 5.75 Å². The molecule has 1 fully saturated rings. The van der Waals surface area contributed by atoms with Crippen LogP contribution in [0, 0.1) is 12.7 Å². The zero-order valence-corrected chi connectivity index (χ0v) is 18.7. The van der Waals surface area contributed by atoms with Gasteiger partial charge in [0.2, 0.25) is 0 Å². The van der Waals surface area contributed by atoms with Crippen LogP contribution in [0.5, 0.6) is 0 Å². The molecule has 3 rings (SSSR count). The highest BCUT2D eigenvalue weighted by molar-refractivity contribution is 7.90. The molecule has 1 aromatic carbocycles. The second kappa shape index (κ2) is 9.78. The lowest BCUT2D eigenvalue weighted by Crippen LogP contribution is -2.49. The van der Waals surface area contributed by atoms with E-state index in [9.17, 15) is 12.8 Å². The first kappa shape index (κ1) is 22.6. The van der Waals surface area contributed by atoms with E-state index in [-0.39, 0.29) is 17.6 Å². The van der Waals surface area contributed by atoms with Crippen LogP contribution in [-0.4, -0.2) is 63.5 Å². The highest BCUT2D eigenvalue weighted by Gasteiger charge is 2.21. The average molecular weight is 439 g/mol. The van der Waals surface area contributed by atoms with Gasteiger partial charge in [-0.2, -0.15) is 0 Å². The van der Waals surface area contributed by atoms with Crippen molar-refractivity contribution in [2.24, 2.45) is 4.99 Å². The van der Waals surface area contributed by atoms with Gasteiger partial charge in [0.15, 0.2) is 5.96 Å². The van der Waals surface area contributed by atoms with E-state index >= 15 is 0 Å². The summed E-state index contributed by atoms with van der Waals surface area (Å²) in [5.41, 5.74) is 1.57. The van der Waals surface area contributed by atoms with Crippen molar-refractivity contribution in [3.63, 3.8) is 0 Å². The van der Waals surface area contributed by atoms with Crippen LogP contribution in [0.15, 0.2) is 27.6 Å². The molecule has 1 aromatic heterocycles. The summed E-state index contributed by atoms with van der Waals surface area (Å²) >= 11 is 0. The maximum atomic E-state index is 13.5. The molecule has 2 aromatic rings. The molecular formula is C21H31FN4O3S. The molecular weight excluding hydrogens is 407 g/mol. The van der Waals surface area contributed by atoms with Gasteiger partial charge in [0.1, 0.15) is 33.5 Å². The van der Waals surface area contributed by atoms with Gasteiger partial charge in [0.25, 0.3) is 0 Å². The van der Waals surface area contributed by atoms with Gasteiger partial charge in [-0.15, -0.1) is 0 Å². The molecule has 0 spiro atoms. The first-order valence-corrected chi connectivity index (χ1v) is 12.4. The van der Waals surface area contributed by atoms with Crippen molar-refractivity contribution in [3.8, 4) is 0 Å². The molecule has 166 valence electrons. The number of hydrogen-bond donors (Lipinski definition) is 2. The van der Waals surface area contributed by atoms with Crippen molar-refractivity contribution in [2.45, 2.75) is 39.3 Å². The van der Waals surface area contributed by atoms with E-state index in [1.807, 2.05) is 13.8 Å². The number of aryl methyl sites for hydroxylation is 1. The maximum Gasteiger partial charge on any atom is 0.191 e. The predicted molar refractivity (Wildman–Crippen MR) is 118 cm³/mol. The number of fused-ring (bicyclic) bond motifs is 1. The molecule has 1 aliphatic rings. The molecule has 0 amide bonds. The van der Waals surface area contributed by atoms with Gasteiger partial charge in [0, 0.05) is 49.4 Å². The Kier molecular flexibility index (Phi) is 7.36. The summed E-state index contributed by atoms with van der Waals surface area (Å²) in [5, 5.41) is 7.52. The average Bonchev–Trinajstić information content (AvgIpc) is 3.00. The summed E-state index contributed by atoms with van der Waals surface area (Å²) in [6.45, 7) is 7.35. The number of aliphatic imine (C=N–C) groups is 1. The Labute approximate surface area is 177 Å². The van der Waals surface area contributed by atoms with Crippen molar-refractivity contribution in [1.29, 1.82) is 0 Å². The first-order chi connectivity index (χ1) is 14.2. The minimum Gasteiger partial charge on any atom is -0.459 e. The minimum absolute atomic E-state index is 0.204. The lowest BCUT2D eigenvalue weighted by molar-refractivity contribution is 0.216. The third-order valence-electron chi connectivity index (χ3n) is 5.43. The number of guanidine groups is 1. The van der Waals surface area contributed by atoms with Crippen LogP contribution in [-0.2, 0) is 16.4 Å². The van der Waals surface area contributed by atoms with E-state index in [0.29, 0.717) is 18.7 Å². The Bertz CT molecular complexity index is 995. The van der Waals surface area contributed by atoms with Gasteiger partial charge in [-0.25, -0.2) is 17.8 Å². The van der Waals surface area contributed by atoms with Crippen LogP contribution in [0.4, 0.5) is 4.39 Å². The number of piperidine rings is 1. The highest BCUT2D eigenvalue weighted by atomic mass is 32.2. The number of rotatable bonds is 7. The molecule has 0 aliphatic carbocycles. The number of nitrogens with one attached hydrogen (secondary N) is 2. The molecule has 1 aliphatic heterocycles. The van der Waals surface area contributed by atoms with Crippen LogP contribution < -0.4 is 10.6 Å². The van der Waals surface area contributed by atoms with Crippen LogP contribution >= 0.6 is 0 Å². The lowest BCUT2D eigenvalue weighted by atomic mass is 10.1. The van der Waals surface area contributed by atoms with Crippen LogP contribution in [0.25, 0.3) is 11.0 Å². The first-order valence-electron chi connectivity index (χ1n) is 10.4. The summed E-state index contributed by atoms with van der Waals surface area (Å²) in [4.78, 5) is 6.85. The maximum absolute atomic E-state index is 13.5. The van der Waals surface area contributed by atoms with Crippen molar-refractivity contribution >= 4 is 26.8 Å². The molecule has 0 bridgehead atoms. The van der Waals surface area contributed by atoms with Crippen LogP contribution in [0.2, 0.25) is 0 Å². The fraction of sp³-hybridized carbons (Fsp3) is 0.571. The number of nitrogens with zero attached hydrogens (tertiary/aromatic N) is 2. The smallest absolute Gasteiger partial charge is 0.191 e. The molecule has 2 N–H and O–H groups in total. The fourth-order valence-corrected chi connectivity index (χ4v) is 4.24. The molecule has 1 saturated heterocycles. The standard InChI is InChI=1S/C21H31FN4O3S/c1-4-23-21(25-17-7-9-26(10-8-17)11-12-30(3,27)28)24-14-20-15(2)18-13-16(22)5-6-19(18)29-20/h5-6,13,17H,4,7-12,14H2,1-3H3,(H2,23,24,25). The summed E-state index contributed by atoms with van der Waals surface area (Å²) in [6, 6.07) is 4.81. The normalized spacial score (nSPS) is 16.9. The van der Waals surface area contributed by atoms with E-state index in [1.165, 1.54) is 18.4 Å². The van der Waals surface area contributed by atoms with Crippen LogP contribution in [0.3, 0.4) is 0 Å². The Hall–Kier alpha value is -2.13. The molecule has 0 atom stereocenters. The second-order valence-electron chi connectivity index (χ2n) is 7.88. The lowest BCUT2D eigenvalue weighted by Gasteiger charge is -2.32. The zero-order valence-electron chi connectivity index (χ0n) is 17.9. The van der Waals surface area contributed by atoms with E-state index in [1.54, 1.807) is 6.07 Å². The van der Waals surface area contributed by atoms with Gasteiger partial charge >= 0.3 is 0 Å². The quantitative estimate of drug-likeness (QED) is 0.510. The predicted octanol–water partition coefficient (Wildman–Crippen LogP) is 2.44. The molecule has 7 nitrogen and oxygen atoms in total. The van der Waals surface area contributed by atoms with E-state index in [4.69, 9.17) is 4.42 Å². The van der Waals surface area contributed by atoms with Crippen molar-refractivity contribution in [2.75, 3.05) is 38.2 Å². The monoisotopic (exact) mass is 438 g/mol. The van der Waals surface area contributed by atoms with Crippen molar-refractivity contribution in [1.82, 2.24) is 15.5 Å². The SMILES string of the molecule is CCNC(=NCc1oc2ccc(F)cc2c1C)NC1CCN(CCS(C)(=O)=O)CC1. The molecule has 0 unspecified atom stereocenters. The molecule has 0 radical (unpaired) electrons. The van der Waals surface area contributed by atoms with Gasteiger partial charge in [-0.3, -0.25) is 0 Å². The number of furan rings is 1. The minimum atomic E-state index is -2.93. The molecule has 9 heteroatoms. The van der Waals surface area contributed by atoms with E-state index in [0.717, 1.165) is 55.1 Å². The summed E-state index contributed by atoms with van der Waals surface area (Å²) in [6.07, 6.45) is 3.13. The molecule has 0 saturated carbocycles. The van der Waals surface area contributed by atoms with E-state index in [2.05, 4.69) is 20.5 Å². The van der Waals surface area contributed by atoms with Crippen molar-refractivity contribution in [3.05, 3.63) is 35.3 Å². The van der Waals surface area contributed by atoms with Gasteiger partial charge in [-0.05, 0) is 44.9 Å². The van der Waals surface area contributed by atoms with Gasteiger partial charge < -0.3 is 20.0 Å². The third kappa shape index (κ3) is 6.18. The summed E-state index contributed by atoms with van der Waals surface area (Å²) in [7, 11) is -2.93. The topological polar surface area (TPSA) is 86.9 Å². The second-order valence-corrected chi connectivity index (χ2v) is 10.1. The summed E-state index contributed by atoms with van der Waals surface area (Å²) in [5.74, 6) is 1.37. The third-order valence-corrected chi connectivity index (χ3v) is 6.35. The van der Waals surface area contributed by atoms with Crippen molar-refractivity contribution < 1.29 is 17.2 Å². The Balaban J connectivity index is 1.59. The molecule has 2 heterocycles. The number of likely N-dealkylation sites (tertiary alicyclic amines) is 1. The molecule has 30 heavy (non-hydrogen) atoms. The zero-order chi connectivity index (χ0) is 21.7. The number of benzene rings is 1.